The van der Waals surface area contributed by atoms with Gasteiger partial charge < -0.3 is 20.7 Å². The van der Waals surface area contributed by atoms with Gasteiger partial charge in [-0.3, -0.25) is 4.79 Å². The van der Waals surface area contributed by atoms with Crippen molar-refractivity contribution in [2.45, 2.75) is 39.5 Å². The molecule has 0 unspecified atom stereocenters. The largest absolute Gasteiger partial charge is 0.380 e. The van der Waals surface area contributed by atoms with Gasteiger partial charge in [-0.05, 0) is 25.0 Å². The third-order valence-electron chi connectivity index (χ3n) is 2.84. The SMILES string of the molecule is COCc1cccc(CNC(=O)NCCC(=O)NC(C)C)c1. The van der Waals surface area contributed by atoms with E-state index in [2.05, 4.69) is 16.0 Å². The number of nitrogens with one attached hydrogen (secondary N) is 3. The van der Waals surface area contributed by atoms with Gasteiger partial charge in [-0.15, -0.1) is 0 Å². The fourth-order valence-electron chi connectivity index (χ4n) is 1.92. The van der Waals surface area contributed by atoms with E-state index < -0.39 is 0 Å². The first-order valence-corrected chi connectivity index (χ1v) is 7.39. The molecule has 1 aromatic carbocycles. The van der Waals surface area contributed by atoms with Gasteiger partial charge in [0.05, 0.1) is 6.61 Å². The number of rotatable bonds is 8. The van der Waals surface area contributed by atoms with Crippen molar-refractivity contribution >= 4 is 11.9 Å². The van der Waals surface area contributed by atoms with Crippen molar-refractivity contribution in [1.29, 1.82) is 0 Å². The summed E-state index contributed by atoms with van der Waals surface area (Å²) in [5.74, 6) is -0.0671. The average molecular weight is 307 g/mol. The Morgan fingerprint density at radius 2 is 1.91 bits per heavy atom. The Kier molecular flexibility index (Phi) is 7.99. The number of hydrogen-bond donors (Lipinski definition) is 3. The van der Waals surface area contributed by atoms with Gasteiger partial charge in [0.2, 0.25) is 5.91 Å². The molecule has 1 rings (SSSR count). The number of benzene rings is 1. The summed E-state index contributed by atoms with van der Waals surface area (Å²) in [7, 11) is 1.65. The molecule has 0 radical (unpaired) electrons. The lowest BCUT2D eigenvalue weighted by molar-refractivity contribution is -0.121. The summed E-state index contributed by atoms with van der Waals surface area (Å²) in [6, 6.07) is 7.66. The van der Waals surface area contributed by atoms with Crippen molar-refractivity contribution in [3.8, 4) is 0 Å². The van der Waals surface area contributed by atoms with Gasteiger partial charge in [0.1, 0.15) is 0 Å². The summed E-state index contributed by atoms with van der Waals surface area (Å²) in [4.78, 5) is 23.1. The lowest BCUT2D eigenvalue weighted by Crippen LogP contribution is -2.38. The third-order valence-corrected chi connectivity index (χ3v) is 2.84. The van der Waals surface area contributed by atoms with Crippen LogP contribution >= 0.6 is 0 Å². The molecule has 6 nitrogen and oxygen atoms in total. The maximum absolute atomic E-state index is 11.7. The van der Waals surface area contributed by atoms with E-state index in [1.54, 1.807) is 7.11 Å². The Labute approximate surface area is 131 Å². The van der Waals surface area contributed by atoms with Crippen molar-refractivity contribution in [2.75, 3.05) is 13.7 Å². The molecule has 0 spiro atoms. The molecular weight excluding hydrogens is 282 g/mol. The third kappa shape index (κ3) is 7.64. The average Bonchev–Trinajstić information content (AvgIpc) is 2.45. The summed E-state index contributed by atoms with van der Waals surface area (Å²) in [6.45, 7) is 5.09. The van der Waals surface area contributed by atoms with Gasteiger partial charge in [0.15, 0.2) is 0 Å². The lowest BCUT2D eigenvalue weighted by Gasteiger charge is -2.10. The molecular formula is C16H25N3O3. The quantitative estimate of drug-likeness (QED) is 0.682. The molecule has 22 heavy (non-hydrogen) atoms. The lowest BCUT2D eigenvalue weighted by atomic mass is 10.1. The van der Waals surface area contributed by atoms with Gasteiger partial charge in [0, 0.05) is 32.7 Å². The maximum Gasteiger partial charge on any atom is 0.315 e. The van der Waals surface area contributed by atoms with E-state index in [9.17, 15) is 9.59 Å². The minimum atomic E-state index is -0.283. The molecule has 0 saturated carbocycles. The van der Waals surface area contributed by atoms with Crippen LogP contribution in [0.5, 0.6) is 0 Å². The van der Waals surface area contributed by atoms with E-state index in [1.165, 1.54) is 0 Å². The first-order valence-electron chi connectivity index (χ1n) is 7.39. The number of carbonyl (C=O) groups is 2. The van der Waals surface area contributed by atoms with Crippen molar-refractivity contribution < 1.29 is 14.3 Å². The first-order chi connectivity index (χ1) is 10.5. The highest BCUT2D eigenvalue weighted by molar-refractivity contribution is 5.78. The minimum Gasteiger partial charge on any atom is -0.380 e. The number of methoxy groups -OCH3 is 1. The Morgan fingerprint density at radius 3 is 2.59 bits per heavy atom. The first kappa shape index (κ1) is 18.0. The predicted molar refractivity (Wildman–Crippen MR) is 85.3 cm³/mol. The van der Waals surface area contributed by atoms with Crippen molar-refractivity contribution in [3.05, 3.63) is 35.4 Å². The van der Waals surface area contributed by atoms with Crippen molar-refractivity contribution in [3.63, 3.8) is 0 Å². The molecule has 1 aromatic rings. The Hall–Kier alpha value is -2.08. The monoisotopic (exact) mass is 307 g/mol. The van der Waals surface area contributed by atoms with E-state index in [1.807, 2.05) is 38.1 Å². The van der Waals surface area contributed by atoms with E-state index >= 15 is 0 Å². The van der Waals surface area contributed by atoms with Crippen LogP contribution in [0.1, 0.15) is 31.4 Å². The normalized spacial score (nSPS) is 10.4. The second-order valence-electron chi connectivity index (χ2n) is 5.33. The Morgan fingerprint density at radius 1 is 1.18 bits per heavy atom. The van der Waals surface area contributed by atoms with Gasteiger partial charge in [-0.1, -0.05) is 24.3 Å². The highest BCUT2D eigenvalue weighted by atomic mass is 16.5. The van der Waals surface area contributed by atoms with Gasteiger partial charge >= 0.3 is 6.03 Å². The Bertz CT molecular complexity index is 489. The molecule has 0 saturated heterocycles. The number of ether oxygens (including phenoxy) is 1. The number of carbonyl (C=O) groups excluding carboxylic acids is 2. The molecule has 0 bridgehead atoms. The van der Waals surface area contributed by atoms with Crippen LogP contribution in [0.15, 0.2) is 24.3 Å². The molecule has 3 N–H and O–H groups in total. The van der Waals surface area contributed by atoms with Crippen LogP contribution in [0.25, 0.3) is 0 Å². The molecule has 3 amide bonds. The molecule has 0 aliphatic heterocycles. The van der Waals surface area contributed by atoms with E-state index in [0.29, 0.717) is 19.7 Å². The minimum absolute atomic E-state index is 0.0671. The fourth-order valence-corrected chi connectivity index (χ4v) is 1.92. The van der Waals surface area contributed by atoms with E-state index in [4.69, 9.17) is 4.74 Å². The topological polar surface area (TPSA) is 79.5 Å². The summed E-state index contributed by atoms with van der Waals surface area (Å²) in [5, 5.41) is 8.19. The zero-order chi connectivity index (χ0) is 16.4. The van der Waals surface area contributed by atoms with Crippen LogP contribution in [0.4, 0.5) is 4.79 Å². The number of hydrogen-bond acceptors (Lipinski definition) is 3. The molecule has 122 valence electrons. The highest BCUT2D eigenvalue weighted by Gasteiger charge is 2.05. The van der Waals surface area contributed by atoms with E-state index in [0.717, 1.165) is 11.1 Å². The molecule has 0 aromatic heterocycles. The molecule has 0 aliphatic rings. The summed E-state index contributed by atoms with van der Waals surface area (Å²) in [6.07, 6.45) is 0.273. The zero-order valence-electron chi connectivity index (χ0n) is 13.4. The molecule has 0 heterocycles. The van der Waals surface area contributed by atoms with E-state index in [-0.39, 0.29) is 24.4 Å². The van der Waals surface area contributed by atoms with Crippen molar-refractivity contribution in [1.82, 2.24) is 16.0 Å². The summed E-state index contributed by atoms with van der Waals surface area (Å²) < 4.78 is 5.07. The fraction of sp³-hybridized carbons (Fsp3) is 0.500. The molecule has 0 atom stereocenters. The second-order valence-corrected chi connectivity index (χ2v) is 5.33. The van der Waals surface area contributed by atoms with Gasteiger partial charge in [0.25, 0.3) is 0 Å². The van der Waals surface area contributed by atoms with Gasteiger partial charge in [-0.25, -0.2) is 4.79 Å². The summed E-state index contributed by atoms with van der Waals surface area (Å²) in [5.41, 5.74) is 2.06. The van der Waals surface area contributed by atoms with Crippen LogP contribution in [0, 0.1) is 0 Å². The summed E-state index contributed by atoms with van der Waals surface area (Å²) >= 11 is 0. The molecule has 0 fully saturated rings. The highest BCUT2D eigenvalue weighted by Crippen LogP contribution is 2.06. The van der Waals surface area contributed by atoms with Crippen molar-refractivity contribution in [2.24, 2.45) is 0 Å². The second kappa shape index (κ2) is 9.78. The zero-order valence-corrected chi connectivity index (χ0v) is 13.4. The van der Waals surface area contributed by atoms with Crippen LogP contribution in [-0.4, -0.2) is 31.6 Å². The number of urea groups is 1. The van der Waals surface area contributed by atoms with Crippen LogP contribution in [0.3, 0.4) is 0 Å². The smallest absolute Gasteiger partial charge is 0.315 e. The maximum atomic E-state index is 11.7. The molecule has 6 heteroatoms. The number of amides is 3. The Balaban J connectivity index is 2.25. The molecule has 0 aliphatic carbocycles. The standard InChI is InChI=1S/C16H25N3O3/c1-12(2)19-15(20)7-8-17-16(21)18-10-13-5-4-6-14(9-13)11-22-3/h4-6,9,12H,7-8,10-11H2,1-3H3,(H,19,20)(H2,17,18,21). The predicted octanol–water partition coefficient (Wildman–Crippen LogP) is 1.55. The van der Waals surface area contributed by atoms with Crippen LogP contribution in [-0.2, 0) is 22.7 Å². The van der Waals surface area contributed by atoms with Crippen LogP contribution < -0.4 is 16.0 Å². The van der Waals surface area contributed by atoms with Gasteiger partial charge in [-0.2, -0.15) is 0 Å². The van der Waals surface area contributed by atoms with Crippen LogP contribution in [0.2, 0.25) is 0 Å².